The van der Waals surface area contributed by atoms with E-state index in [4.69, 9.17) is 0 Å². The van der Waals surface area contributed by atoms with Gasteiger partial charge in [0.25, 0.3) is 0 Å². The maximum absolute atomic E-state index is 12.3. The number of carbonyl (C=O) groups is 1. The molecule has 2 aliphatic heterocycles. The van der Waals surface area contributed by atoms with Crippen LogP contribution in [0.2, 0.25) is 0 Å². The molecular formula is C18H18N2O3. The van der Waals surface area contributed by atoms with E-state index in [9.17, 15) is 15.0 Å². The molecule has 5 heteroatoms. The Balaban J connectivity index is 1.71. The minimum atomic E-state index is -0.255. The molecule has 0 saturated carbocycles. The van der Waals surface area contributed by atoms with E-state index in [1.165, 1.54) is 0 Å². The second-order valence-electron chi connectivity index (χ2n) is 6.24. The van der Waals surface area contributed by atoms with Crippen molar-refractivity contribution in [3.8, 4) is 11.5 Å². The Bertz CT molecular complexity index is 775. The lowest BCUT2D eigenvalue weighted by atomic mass is 9.81. The van der Waals surface area contributed by atoms with Gasteiger partial charge in [-0.25, -0.2) is 0 Å². The molecule has 5 nitrogen and oxygen atoms in total. The highest BCUT2D eigenvalue weighted by atomic mass is 16.3. The van der Waals surface area contributed by atoms with Crippen molar-refractivity contribution >= 4 is 5.91 Å². The fraction of sp³-hybridized carbons (Fsp3) is 0.278. The van der Waals surface area contributed by atoms with Gasteiger partial charge in [0.05, 0.1) is 18.1 Å². The van der Waals surface area contributed by atoms with Crippen molar-refractivity contribution in [2.75, 3.05) is 0 Å². The van der Waals surface area contributed by atoms with Gasteiger partial charge in [-0.2, -0.15) is 0 Å². The van der Waals surface area contributed by atoms with Crippen molar-refractivity contribution in [1.82, 2.24) is 10.6 Å². The van der Waals surface area contributed by atoms with E-state index in [1.807, 2.05) is 18.2 Å². The van der Waals surface area contributed by atoms with Crippen LogP contribution in [0.25, 0.3) is 0 Å². The summed E-state index contributed by atoms with van der Waals surface area (Å²) < 4.78 is 0. The van der Waals surface area contributed by atoms with Crippen LogP contribution in [0, 0.1) is 0 Å². The zero-order valence-corrected chi connectivity index (χ0v) is 12.5. The Kier molecular flexibility index (Phi) is 3.23. The Hall–Kier alpha value is -2.53. The molecule has 2 aromatic carbocycles. The number of amides is 1. The molecule has 0 spiro atoms. The molecule has 4 N–H and O–H groups in total. The molecule has 2 heterocycles. The lowest BCUT2D eigenvalue weighted by Gasteiger charge is -2.42. The first kappa shape index (κ1) is 14.1. The smallest absolute Gasteiger partial charge is 0.237 e. The van der Waals surface area contributed by atoms with E-state index in [-0.39, 0.29) is 35.5 Å². The topological polar surface area (TPSA) is 81.6 Å². The third-order valence-corrected chi connectivity index (χ3v) is 4.70. The van der Waals surface area contributed by atoms with Crippen LogP contribution in [-0.2, 0) is 17.6 Å². The third-order valence-electron chi connectivity index (χ3n) is 4.70. The number of hydrogen-bond acceptors (Lipinski definition) is 4. The van der Waals surface area contributed by atoms with E-state index in [0.29, 0.717) is 12.8 Å². The summed E-state index contributed by atoms with van der Waals surface area (Å²) in [7, 11) is 0. The average Bonchev–Trinajstić information content (AvgIpc) is 2.52. The second-order valence-corrected chi connectivity index (χ2v) is 6.24. The zero-order chi connectivity index (χ0) is 16.0. The number of phenolic OH excluding ortho intramolecular Hbond substituents is 2. The van der Waals surface area contributed by atoms with Gasteiger partial charge in [0.15, 0.2) is 0 Å². The highest BCUT2D eigenvalue weighted by Gasteiger charge is 2.41. The van der Waals surface area contributed by atoms with E-state index < -0.39 is 0 Å². The van der Waals surface area contributed by atoms with Gasteiger partial charge in [-0.3, -0.25) is 10.1 Å². The predicted octanol–water partition coefficient (Wildman–Crippen LogP) is 1.39. The molecule has 2 aromatic rings. The standard InChI is InChI=1S/C18H18N2O3/c21-12-5-1-3-10(7-12)8-13-17-16-11(4-2-6-15(16)22)9-14(19-17)18(23)20-13/h1-7,13-14,17,19,21-22H,8-9H2,(H,20,23). The van der Waals surface area contributed by atoms with E-state index in [0.717, 1.165) is 16.7 Å². The highest BCUT2D eigenvalue weighted by molar-refractivity contribution is 5.84. The summed E-state index contributed by atoms with van der Waals surface area (Å²) in [5.41, 5.74) is 2.83. The molecule has 118 valence electrons. The van der Waals surface area contributed by atoms with Crippen LogP contribution in [0.15, 0.2) is 42.5 Å². The van der Waals surface area contributed by atoms with Crippen LogP contribution in [0.4, 0.5) is 0 Å². The molecular weight excluding hydrogens is 292 g/mol. The quantitative estimate of drug-likeness (QED) is 0.676. The Morgan fingerprint density at radius 3 is 2.78 bits per heavy atom. The highest BCUT2D eigenvalue weighted by Crippen LogP contribution is 2.37. The molecule has 1 fully saturated rings. The van der Waals surface area contributed by atoms with Gasteiger partial charge in [-0.05, 0) is 42.2 Å². The number of nitrogens with one attached hydrogen (secondary N) is 2. The van der Waals surface area contributed by atoms with Crippen molar-refractivity contribution in [1.29, 1.82) is 0 Å². The molecule has 2 aliphatic rings. The maximum atomic E-state index is 12.3. The second kappa shape index (κ2) is 5.28. The summed E-state index contributed by atoms with van der Waals surface area (Å²) in [6, 6.07) is 11.9. The first-order valence-corrected chi connectivity index (χ1v) is 7.77. The normalized spacial score (nSPS) is 25.6. The predicted molar refractivity (Wildman–Crippen MR) is 85.2 cm³/mol. The number of rotatable bonds is 2. The Labute approximate surface area is 134 Å². The van der Waals surface area contributed by atoms with Crippen molar-refractivity contribution in [3.05, 3.63) is 59.2 Å². The van der Waals surface area contributed by atoms with Crippen molar-refractivity contribution < 1.29 is 15.0 Å². The van der Waals surface area contributed by atoms with Crippen molar-refractivity contribution in [2.24, 2.45) is 0 Å². The summed E-state index contributed by atoms with van der Waals surface area (Å²) in [6.07, 6.45) is 1.17. The lowest BCUT2D eigenvalue weighted by Crippen LogP contribution is -2.63. The molecule has 0 radical (unpaired) electrons. The SMILES string of the molecule is O=C1NC(Cc2cccc(O)c2)C2NC1Cc1cccc(O)c12. The van der Waals surface area contributed by atoms with Crippen LogP contribution in [0.5, 0.6) is 11.5 Å². The fourth-order valence-electron chi connectivity index (χ4n) is 3.67. The Morgan fingerprint density at radius 1 is 1.13 bits per heavy atom. The molecule has 3 atom stereocenters. The number of aromatic hydroxyl groups is 2. The molecule has 1 saturated heterocycles. The molecule has 1 amide bonds. The van der Waals surface area contributed by atoms with Crippen LogP contribution in [0.3, 0.4) is 0 Å². The number of fused-ring (bicyclic) bond motifs is 4. The minimum Gasteiger partial charge on any atom is -0.508 e. The van der Waals surface area contributed by atoms with Gasteiger partial charge in [0.1, 0.15) is 11.5 Å². The molecule has 0 aliphatic carbocycles. The number of benzene rings is 2. The molecule has 2 bridgehead atoms. The van der Waals surface area contributed by atoms with Crippen molar-refractivity contribution in [2.45, 2.75) is 31.0 Å². The van der Waals surface area contributed by atoms with Gasteiger partial charge in [0, 0.05) is 5.56 Å². The third kappa shape index (κ3) is 2.43. The van der Waals surface area contributed by atoms with Crippen molar-refractivity contribution in [3.63, 3.8) is 0 Å². The maximum Gasteiger partial charge on any atom is 0.237 e. The van der Waals surface area contributed by atoms with Gasteiger partial charge < -0.3 is 15.5 Å². The number of piperazine rings is 1. The molecule has 3 unspecified atom stereocenters. The fourth-order valence-corrected chi connectivity index (χ4v) is 3.67. The largest absolute Gasteiger partial charge is 0.508 e. The van der Waals surface area contributed by atoms with E-state index >= 15 is 0 Å². The van der Waals surface area contributed by atoms with Crippen LogP contribution >= 0.6 is 0 Å². The summed E-state index contributed by atoms with van der Waals surface area (Å²) in [6.45, 7) is 0. The van der Waals surface area contributed by atoms with E-state index in [1.54, 1.807) is 24.3 Å². The summed E-state index contributed by atoms with van der Waals surface area (Å²) >= 11 is 0. The Morgan fingerprint density at radius 2 is 1.96 bits per heavy atom. The zero-order valence-electron chi connectivity index (χ0n) is 12.5. The first-order chi connectivity index (χ1) is 11.1. The van der Waals surface area contributed by atoms with Crippen LogP contribution in [-0.4, -0.2) is 28.2 Å². The van der Waals surface area contributed by atoms with Gasteiger partial charge in [-0.15, -0.1) is 0 Å². The molecule has 0 aromatic heterocycles. The summed E-state index contributed by atoms with van der Waals surface area (Å²) in [4.78, 5) is 12.3. The van der Waals surface area contributed by atoms with Gasteiger partial charge in [-0.1, -0.05) is 24.3 Å². The summed E-state index contributed by atoms with van der Waals surface area (Å²) in [5, 5.41) is 26.3. The monoisotopic (exact) mass is 310 g/mol. The minimum absolute atomic E-state index is 0.0135. The first-order valence-electron chi connectivity index (χ1n) is 7.77. The van der Waals surface area contributed by atoms with Gasteiger partial charge >= 0.3 is 0 Å². The molecule has 23 heavy (non-hydrogen) atoms. The lowest BCUT2D eigenvalue weighted by molar-refractivity contribution is -0.126. The number of hydrogen-bond donors (Lipinski definition) is 4. The van der Waals surface area contributed by atoms with E-state index in [2.05, 4.69) is 10.6 Å². The number of carbonyl (C=O) groups excluding carboxylic acids is 1. The number of phenols is 2. The summed E-state index contributed by atoms with van der Waals surface area (Å²) in [5.74, 6) is 0.457. The van der Waals surface area contributed by atoms with Crippen LogP contribution in [0.1, 0.15) is 22.7 Å². The molecule has 4 rings (SSSR count). The average molecular weight is 310 g/mol. The van der Waals surface area contributed by atoms with Gasteiger partial charge in [0.2, 0.25) is 5.91 Å². The van der Waals surface area contributed by atoms with Crippen LogP contribution < -0.4 is 10.6 Å².